The fourth-order valence-corrected chi connectivity index (χ4v) is 0.781. The van der Waals surface area contributed by atoms with Crippen molar-refractivity contribution in [3.63, 3.8) is 0 Å². The Labute approximate surface area is 75.6 Å². The standard InChI is InChI=1S/C8H13NO.C2H6/c1-6(2)4-8(5-9)7(3)10;1-2/h6,8H,4H2,1-3H3;1-2H3. The lowest BCUT2D eigenvalue weighted by atomic mass is 9.95. The normalized spacial score (nSPS) is 11.1. The van der Waals surface area contributed by atoms with E-state index in [1.54, 1.807) is 0 Å². The molecule has 12 heavy (non-hydrogen) atoms. The average molecular weight is 169 g/mol. The SMILES string of the molecule is CC.CC(=O)C(C#N)CC(C)C. The second-order valence-electron chi connectivity index (χ2n) is 2.92. The van der Waals surface area contributed by atoms with Gasteiger partial charge in [0.05, 0.1) is 6.07 Å². The maximum Gasteiger partial charge on any atom is 0.146 e. The number of nitrogens with zero attached hydrogens (tertiary/aromatic N) is 1. The summed E-state index contributed by atoms with van der Waals surface area (Å²) in [5.74, 6) is 0.0183. The van der Waals surface area contributed by atoms with Gasteiger partial charge in [-0.15, -0.1) is 0 Å². The molecule has 0 aromatic heterocycles. The molecule has 2 heteroatoms. The van der Waals surface area contributed by atoms with Crippen LogP contribution in [0.1, 0.15) is 41.0 Å². The van der Waals surface area contributed by atoms with Gasteiger partial charge in [0, 0.05) is 0 Å². The predicted molar refractivity (Wildman–Crippen MR) is 50.6 cm³/mol. The minimum Gasteiger partial charge on any atom is -0.299 e. The van der Waals surface area contributed by atoms with Gasteiger partial charge in [0.1, 0.15) is 11.7 Å². The number of hydrogen-bond acceptors (Lipinski definition) is 2. The van der Waals surface area contributed by atoms with Crippen molar-refractivity contribution in [1.82, 2.24) is 0 Å². The van der Waals surface area contributed by atoms with Gasteiger partial charge < -0.3 is 0 Å². The Balaban J connectivity index is 0. The molecule has 0 amide bonds. The number of nitriles is 1. The third kappa shape index (κ3) is 7.27. The van der Waals surface area contributed by atoms with Crippen molar-refractivity contribution in [3.05, 3.63) is 0 Å². The fraction of sp³-hybridized carbons (Fsp3) is 0.800. The Morgan fingerprint density at radius 1 is 1.42 bits per heavy atom. The molecule has 0 aliphatic heterocycles. The smallest absolute Gasteiger partial charge is 0.146 e. The molecule has 1 atom stereocenters. The van der Waals surface area contributed by atoms with Gasteiger partial charge in [-0.05, 0) is 19.3 Å². The van der Waals surface area contributed by atoms with Gasteiger partial charge in [-0.25, -0.2) is 0 Å². The monoisotopic (exact) mass is 169 g/mol. The summed E-state index contributed by atoms with van der Waals surface area (Å²) in [6, 6.07) is 1.98. The number of hydrogen-bond donors (Lipinski definition) is 0. The number of rotatable bonds is 3. The second kappa shape index (κ2) is 8.26. The lowest BCUT2D eigenvalue weighted by Crippen LogP contribution is -2.10. The van der Waals surface area contributed by atoms with E-state index in [9.17, 15) is 4.79 Å². The zero-order chi connectivity index (χ0) is 10.1. The van der Waals surface area contributed by atoms with Crippen LogP contribution in [0.5, 0.6) is 0 Å². The Bertz CT molecular complexity index is 156. The topological polar surface area (TPSA) is 40.9 Å². The highest BCUT2D eigenvalue weighted by Gasteiger charge is 2.13. The number of carbonyl (C=O) groups is 1. The van der Waals surface area contributed by atoms with E-state index in [2.05, 4.69) is 0 Å². The first-order valence-electron chi connectivity index (χ1n) is 4.48. The van der Waals surface area contributed by atoms with Gasteiger partial charge in [0.15, 0.2) is 0 Å². The Morgan fingerprint density at radius 2 is 1.83 bits per heavy atom. The van der Waals surface area contributed by atoms with E-state index in [1.807, 2.05) is 33.8 Å². The maximum atomic E-state index is 10.7. The van der Waals surface area contributed by atoms with Crippen LogP contribution in [0.4, 0.5) is 0 Å². The van der Waals surface area contributed by atoms with Crippen LogP contribution in [0.25, 0.3) is 0 Å². The van der Waals surface area contributed by atoms with E-state index in [4.69, 9.17) is 5.26 Å². The second-order valence-corrected chi connectivity index (χ2v) is 2.92. The molecule has 0 saturated carbocycles. The van der Waals surface area contributed by atoms with E-state index in [0.29, 0.717) is 12.3 Å². The van der Waals surface area contributed by atoms with Crippen molar-refractivity contribution in [2.24, 2.45) is 11.8 Å². The fourth-order valence-electron chi connectivity index (χ4n) is 0.781. The van der Waals surface area contributed by atoms with E-state index < -0.39 is 0 Å². The summed E-state index contributed by atoms with van der Waals surface area (Å²) >= 11 is 0. The highest BCUT2D eigenvalue weighted by Crippen LogP contribution is 2.10. The van der Waals surface area contributed by atoms with E-state index >= 15 is 0 Å². The van der Waals surface area contributed by atoms with Crippen LogP contribution in [-0.2, 0) is 4.79 Å². The maximum absolute atomic E-state index is 10.7. The van der Waals surface area contributed by atoms with Gasteiger partial charge >= 0.3 is 0 Å². The number of ketones is 1. The summed E-state index contributed by atoms with van der Waals surface area (Å²) in [6.45, 7) is 9.48. The van der Waals surface area contributed by atoms with Crippen molar-refractivity contribution in [2.75, 3.05) is 0 Å². The molecular weight excluding hydrogens is 150 g/mol. The first-order chi connectivity index (χ1) is 5.57. The molecular formula is C10H19NO. The molecule has 0 spiro atoms. The minimum atomic E-state index is -0.389. The van der Waals surface area contributed by atoms with Crippen molar-refractivity contribution in [3.8, 4) is 6.07 Å². The first kappa shape index (κ1) is 13.7. The van der Waals surface area contributed by atoms with Crippen LogP contribution >= 0.6 is 0 Å². The van der Waals surface area contributed by atoms with Crippen LogP contribution < -0.4 is 0 Å². The molecule has 0 radical (unpaired) electrons. The quantitative estimate of drug-likeness (QED) is 0.651. The first-order valence-corrected chi connectivity index (χ1v) is 4.48. The Kier molecular flexibility index (Phi) is 9.45. The number of Topliss-reactive ketones (excluding diaryl/α,β-unsaturated/α-hetero) is 1. The highest BCUT2D eigenvalue weighted by molar-refractivity contribution is 5.80. The molecule has 70 valence electrons. The number of carbonyl (C=O) groups excluding carboxylic acids is 1. The van der Waals surface area contributed by atoms with E-state index in [1.165, 1.54) is 6.92 Å². The summed E-state index contributed by atoms with van der Waals surface area (Å²) in [5.41, 5.74) is 0. The van der Waals surface area contributed by atoms with Crippen molar-refractivity contribution >= 4 is 5.78 Å². The minimum absolute atomic E-state index is 0.0174. The Morgan fingerprint density at radius 3 is 1.92 bits per heavy atom. The van der Waals surface area contributed by atoms with Gasteiger partial charge in [-0.3, -0.25) is 4.79 Å². The summed E-state index contributed by atoms with van der Waals surface area (Å²) in [4.78, 5) is 10.7. The predicted octanol–water partition coefficient (Wildman–Crippen LogP) is 2.79. The molecule has 0 aliphatic carbocycles. The van der Waals surface area contributed by atoms with Gasteiger partial charge in [-0.2, -0.15) is 5.26 Å². The zero-order valence-corrected chi connectivity index (χ0v) is 8.72. The molecule has 2 nitrogen and oxygen atoms in total. The van der Waals surface area contributed by atoms with Crippen LogP contribution in [0, 0.1) is 23.2 Å². The molecule has 0 rings (SSSR count). The van der Waals surface area contributed by atoms with Crippen LogP contribution in [0.15, 0.2) is 0 Å². The molecule has 0 aromatic rings. The Hall–Kier alpha value is -0.840. The zero-order valence-electron chi connectivity index (χ0n) is 8.72. The molecule has 0 saturated heterocycles. The molecule has 1 unspecified atom stereocenters. The van der Waals surface area contributed by atoms with E-state index in [0.717, 1.165) is 0 Å². The molecule has 0 aromatic carbocycles. The lowest BCUT2D eigenvalue weighted by molar-refractivity contribution is -0.119. The summed E-state index contributed by atoms with van der Waals surface area (Å²) in [5, 5.41) is 8.47. The van der Waals surface area contributed by atoms with Crippen LogP contribution in [-0.4, -0.2) is 5.78 Å². The third-order valence-electron chi connectivity index (χ3n) is 1.35. The highest BCUT2D eigenvalue weighted by atomic mass is 16.1. The average Bonchev–Trinajstić information content (AvgIpc) is 2.03. The molecule has 0 bridgehead atoms. The summed E-state index contributed by atoms with van der Waals surface area (Å²) < 4.78 is 0. The van der Waals surface area contributed by atoms with Crippen molar-refractivity contribution in [1.29, 1.82) is 5.26 Å². The van der Waals surface area contributed by atoms with Crippen molar-refractivity contribution < 1.29 is 4.79 Å². The molecule has 0 heterocycles. The van der Waals surface area contributed by atoms with Crippen molar-refractivity contribution in [2.45, 2.75) is 41.0 Å². The van der Waals surface area contributed by atoms with Gasteiger partial charge in [-0.1, -0.05) is 27.7 Å². The van der Waals surface area contributed by atoms with Crippen LogP contribution in [0.2, 0.25) is 0 Å². The lowest BCUT2D eigenvalue weighted by Gasteiger charge is -2.06. The van der Waals surface area contributed by atoms with E-state index in [-0.39, 0.29) is 11.7 Å². The van der Waals surface area contributed by atoms with Gasteiger partial charge in [0.2, 0.25) is 0 Å². The largest absolute Gasteiger partial charge is 0.299 e. The molecule has 0 aliphatic rings. The third-order valence-corrected chi connectivity index (χ3v) is 1.35. The molecule has 0 N–H and O–H groups in total. The summed E-state index contributed by atoms with van der Waals surface area (Å²) in [7, 11) is 0. The summed E-state index contributed by atoms with van der Waals surface area (Å²) in [6.07, 6.45) is 0.686. The molecule has 0 fully saturated rings. The van der Waals surface area contributed by atoms with Crippen LogP contribution in [0.3, 0.4) is 0 Å². The van der Waals surface area contributed by atoms with Gasteiger partial charge in [0.25, 0.3) is 0 Å².